The van der Waals surface area contributed by atoms with E-state index < -0.39 is 72.0 Å². The number of amides is 7. The molecule has 3 aliphatic heterocycles. The lowest BCUT2D eigenvalue weighted by atomic mass is 9.89. The molecule has 7 amide bonds. The van der Waals surface area contributed by atoms with Crippen LogP contribution in [-0.2, 0) is 67.3 Å². The lowest BCUT2D eigenvalue weighted by Gasteiger charge is -2.41. The summed E-state index contributed by atoms with van der Waals surface area (Å²) in [6.07, 6.45) is 7.33. The van der Waals surface area contributed by atoms with Crippen molar-refractivity contribution in [3.05, 3.63) is 59.9 Å². The summed E-state index contributed by atoms with van der Waals surface area (Å²) in [4.78, 5) is 113. The smallest absolute Gasteiger partial charge is 0.326 e. The highest BCUT2D eigenvalue weighted by atomic mass is 16.5. The number of hydrogen-bond acceptors (Lipinski definition) is 12. The van der Waals surface area contributed by atoms with Gasteiger partial charge in [0, 0.05) is 65.4 Å². The van der Waals surface area contributed by atoms with Crippen LogP contribution < -0.4 is 10.6 Å². The summed E-state index contributed by atoms with van der Waals surface area (Å²) >= 11 is 0. The molecule has 2 bridgehead atoms. The van der Waals surface area contributed by atoms with Crippen molar-refractivity contribution in [1.82, 2.24) is 45.2 Å². The first kappa shape index (κ1) is 54.3. The Kier molecular flexibility index (Phi) is 18.7. The zero-order valence-electron chi connectivity index (χ0n) is 42.4. The first-order valence-electron chi connectivity index (χ1n) is 25.1. The average Bonchev–Trinajstić information content (AvgIpc) is 4.22. The molecule has 6 rings (SSSR count). The highest BCUT2D eigenvalue weighted by Crippen LogP contribution is 2.43. The number of likely N-dealkylation sites (tertiary alicyclic amines) is 2. The van der Waals surface area contributed by atoms with Crippen LogP contribution in [0.4, 0.5) is 0 Å². The maximum atomic E-state index is 14.7. The molecular weight excluding hydrogens is 915 g/mol. The van der Waals surface area contributed by atoms with Crippen LogP contribution in [0.2, 0.25) is 0 Å². The fourth-order valence-electron chi connectivity index (χ4n) is 11.1. The van der Waals surface area contributed by atoms with Gasteiger partial charge >= 0.3 is 5.97 Å². The van der Waals surface area contributed by atoms with E-state index in [1.54, 1.807) is 63.8 Å². The molecule has 4 aliphatic rings. The number of hydrogen-bond donors (Lipinski definition) is 3. The van der Waals surface area contributed by atoms with Crippen molar-refractivity contribution >= 4 is 47.3 Å². The SMILES string of the molecule is CC[C@H](C)[C@@H]([C@@H](CC(=O)N1CCCC1[C@H](OC)[C@@H](C)C(=O)N[C@@H](Cc1ccccc1)C(=O)O)OC)N(C)C(=O)[C@@H](NC(=O)[C@@H]1[C@H]2CC[C@H](C2)N1C(=O)CCCn1cc(CN2C(=O)C=CC2=O)nn1)C(C)C. The number of nitrogens with zero attached hydrogens (tertiary/aromatic N) is 7. The topological polar surface area (TPSA) is 243 Å². The largest absolute Gasteiger partial charge is 0.480 e. The van der Waals surface area contributed by atoms with Gasteiger partial charge in [0.2, 0.25) is 29.5 Å². The first-order valence-corrected chi connectivity index (χ1v) is 25.1. The molecule has 11 atom stereocenters. The van der Waals surface area contributed by atoms with Gasteiger partial charge in [-0.15, -0.1) is 5.10 Å². The van der Waals surface area contributed by atoms with Gasteiger partial charge in [0.25, 0.3) is 11.8 Å². The zero-order valence-corrected chi connectivity index (χ0v) is 42.4. The Balaban J connectivity index is 1.08. The highest BCUT2D eigenvalue weighted by Gasteiger charge is 2.52. The number of fused-ring (bicyclic) bond motifs is 2. The molecule has 3 N–H and O–H groups in total. The van der Waals surface area contributed by atoms with Crippen molar-refractivity contribution in [3.63, 3.8) is 0 Å². The maximum Gasteiger partial charge on any atom is 0.326 e. The molecule has 1 unspecified atom stereocenters. The number of piperidine rings is 1. The summed E-state index contributed by atoms with van der Waals surface area (Å²) in [5.41, 5.74) is 1.20. The molecule has 388 valence electrons. The molecule has 1 aromatic heterocycles. The first-order chi connectivity index (χ1) is 33.9. The molecule has 1 saturated carbocycles. The Morgan fingerprint density at radius 1 is 0.930 bits per heavy atom. The van der Waals surface area contributed by atoms with Crippen LogP contribution in [0.1, 0.15) is 104 Å². The van der Waals surface area contributed by atoms with E-state index in [-0.39, 0.29) is 73.2 Å². The fourth-order valence-corrected chi connectivity index (χ4v) is 11.1. The minimum atomic E-state index is -1.16. The van der Waals surface area contributed by atoms with Crippen LogP contribution in [0.15, 0.2) is 48.7 Å². The van der Waals surface area contributed by atoms with E-state index >= 15 is 0 Å². The van der Waals surface area contributed by atoms with E-state index in [1.807, 2.05) is 33.8 Å². The Morgan fingerprint density at radius 2 is 1.63 bits per heavy atom. The summed E-state index contributed by atoms with van der Waals surface area (Å²) < 4.78 is 13.5. The number of likely N-dealkylation sites (N-methyl/N-ethyl adjacent to an activating group) is 1. The number of carboxylic acid groups (broad SMARTS) is 1. The van der Waals surface area contributed by atoms with Gasteiger partial charge in [0.15, 0.2) is 0 Å². The van der Waals surface area contributed by atoms with Crippen molar-refractivity contribution in [2.75, 3.05) is 27.8 Å². The molecular formula is C51H73N9O11. The van der Waals surface area contributed by atoms with E-state index in [9.17, 15) is 43.5 Å². The number of methoxy groups -OCH3 is 2. The number of aryl methyl sites for hydroxylation is 1. The van der Waals surface area contributed by atoms with Gasteiger partial charge < -0.3 is 39.9 Å². The molecule has 4 heterocycles. The van der Waals surface area contributed by atoms with Crippen LogP contribution in [-0.4, -0.2) is 163 Å². The maximum absolute atomic E-state index is 14.7. The Labute approximate surface area is 416 Å². The molecule has 20 heteroatoms. The summed E-state index contributed by atoms with van der Waals surface area (Å²) in [6, 6.07) is 5.06. The number of nitrogens with one attached hydrogen (secondary N) is 2. The van der Waals surface area contributed by atoms with E-state index in [0.29, 0.717) is 50.9 Å². The number of aromatic nitrogens is 3. The summed E-state index contributed by atoms with van der Waals surface area (Å²) in [6.45, 7) is 10.1. The number of aliphatic carboxylic acids is 1. The minimum absolute atomic E-state index is 0.00657. The summed E-state index contributed by atoms with van der Waals surface area (Å²) in [7, 11) is 4.66. The van der Waals surface area contributed by atoms with Crippen molar-refractivity contribution in [2.24, 2.45) is 23.7 Å². The summed E-state index contributed by atoms with van der Waals surface area (Å²) in [5.74, 6) is -4.92. The fraction of sp³-hybridized carbons (Fsp3) is 0.647. The van der Waals surface area contributed by atoms with Crippen LogP contribution in [0.3, 0.4) is 0 Å². The predicted octanol–water partition coefficient (Wildman–Crippen LogP) is 2.74. The average molecular weight is 988 g/mol. The van der Waals surface area contributed by atoms with Crippen molar-refractivity contribution in [1.29, 1.82) is 0 Å². The van der Waals surface area contributed by atoms with Crippen LogP contribution in [0.5, 0.6) is 0 Å². The molecule has 20 nitrogen and oxygen atoms in total. The third-order valence-corrected chi connectivity index (χ3v) is 15.1. The number of imide groups is 1. The van der Waals surface area contributed by atoms with Crippen molar-refractivity contribution in [3.8, 4) is 0 Å². The highest BCUT2D eigenvalue weighted by molar-refractivity contribution is 6.12. The lowest BCUT2D eigenvalue weighted by molar-refractivity contribution is -0.149. The van der Waals surface area contributed by atoms with Gasteiger partial charge in [-0.1, -0.05) is 76.6 Å². The number of carboxylic acids is 1. The van der Waals surface area contributed by atoms with E-state index in [4.69, 9.17) is 9.47 Å². The number of ether oxygens (including phenoxy) is 2. The molecule has 2 aromatic rings. The van der Waals surface area contributed by atoms with Crippen LogP contribution >= 0.6 is 0 Å². The lowest BCUT2D eigenvalue weighted by Crippen LogP contribution is -2.60. The van der Waals surface area contributed by atoms with Crippen molar-refractivity contribution in [2.45, 2.75) is 160 Å². The normalized spacial score (nSPS) is 22.6. The third-order valence-electron chi connectivity index (χ3n) is 15.1. The standard InChI is InChI=1S/C51H73N9O11/c1-9-31(4)45(39(70-7)27-43(64)58-24-13-17-38(58)47(71-8)32(5)48(65)52-37(51(68)69)25-33-15-11-10-12-16-33)56(6)50(67)44(30(2)3)53-49(66)46-34-19-20-36(26-34)60(46)42(63)18-14-23-57-28-35(54-55-57)29-59-40(61)21-22-41(59)62/h10-12,15-16,21-22,28,30-32,34,36-39,44-47H,9,13-14,17-20,23-27,29H2,1-8H3,(H,52,65)(H,53,66)(H,68,69)/t31-,32+,34-,36+,37-,38?,39+,44-,45-,46-,47+/m0/s1. The minimum Gasteiger partial charge on any atom is -0.480 e. The monoisotopic (exact) mass is 988 g/mol. The second-order valence-corrected chi connectivity index (χ2v) is 20.1. The molecule has 0 radical (unpaired) electrons. The predicted molar refractivity (Wildman–Crippen MR) is 258 cm³/mol. The summed E-state index contributed by atoms with van der Waals surface area (Å²) in [5, 5.41) is 23.9. The van der Waals surface area contributed by atoms with E-state index in [2.05, 4.69) is 20.9 Å². The molecule has 2 saturated heterocycles. The number of rotatable bonds is 25. The van der Waals surface area contributed by atoms with Gasteiger partial charge in [-0.2, -0.15) is 0 Å². The number of carbonyl (C=O) groups excluding carboxylic acids is 7. The molecule has 0 spiro atoms. The number of benzene rings is 1. The molecule has 71 heavy (non-hydrogen) atoms. The third kappa shape index (κ3) is 12.7. The zero-order chi connectivity index (χ0) is 51.7. The Hall–Kier alpha value is -6.02. The van der Waals surface area contributed by atoms with Gasteiger partial charge in [0.05, 0.1) is 49.4 Å². The van der Waals surface area contributed by atoms with E-state index in [1.165, 1.54) is 26.4 Å². The number of carbonyl (C=O) groups is 8. The van der Waals surface area contributed by atoms with Crippen LogP contribution in [0.25, 0.3) is 0 Å². The molecule has 3 fully saturated rings. The quantitative estimate of drug-likeness (QED) is 0.121. The van der Waals surface area contributed by atoms with Gasteiger partial charge in [-0.25, -0.2) is 4.79 Å². The van der Waals surface area contributed by atoms with E-state index in [0.717, 1.165) is 23.3 Å². The van der Waals surface area contributed by atoms with Gasteiger partial charge in [0.1, 0.15) is 23.8 Å². The van der Waals surface area contributed by atoms with Gasteiger partial charge in [-0.05, 0) is 61.8 Å². The Bertz CT molecular complexity index is 2250. The Morgan fingerprint density at radius 3 is 2.27 bits per heavy atom. The molecule has 1 aromatic carbocycles. The van der Waals surface area contributed by atoms with Crippen molar-refractivity contribution < 1.29 is 52.9 Å². The van der Waals surface area contributed by atoms with Gasteiger partial charge in [-0.3, -0.25) is 43.1 Å². The van der Waals surface area contributed by atoms with Crippen LogP contribution in [0, 0.1) is 23.7 Å². The molecule has 1 aliphatic carbocycles. The second-order valence-electron chi connectivity index (χ2n) is 20.1. The second kappa shape index (κ2) is 24.4.